The third kappa shape index (κ3) is 1.93. The summed E-state index contributed by atoms with van der Waals surface area (Å²) < 4.78 is 48.0. The van der Waals surface area contributed by atoms with Gasteiger partial charge in [-0.3, -0.25) is 4.79 Å². The number of ketones is 1. The maximum absolute atomic E-state index is 12.7. The molecule has 2 rings (SSSR count). The topological polar surface area (TPSA) is 61.6 Å². The van der Waals surface area contributed by atoms with Crippen LogP contribution in [-0.4, -0.2) is 19.1 Å². The van der Waals surface area contributed by atoms with Crippen molar-refractivity contribution in [1.82, 2.24) is 0 Å². The molecule has 0 aromatic heterocycles. The number of rotatable bonds is 2. The number of hydrogen-bond acceptors (Lipinski definition) is 4. The summed E-state index contributed by atoms with van der Waals surface area (Å²) in [6, 6.07) is 1.91. The molecule has 0 unspecified atom stereocenters. The number of halogens is 3. The minimum Gasteiger partial charge on any atom is -0.454 e. The van der Waals surface area contributed by atoms with Crippen LogP contribution in [0.3, 0.4) is 0 Å². The highest BCUT2D eigenvalue weighted by molar-refractivity contribution is 6.02. The highest BCUT2D eigenvalue weighted by Crippen LogP contribution is 2.43. The van der Waals surface area contributed by atoms with Crippen molar-refractivity contribution in [3.63, 3.8) is 0 Å². The molecule has 1 aliphatic rings. The Morgan fingerprint density at radius 3 is 2.65 bits per heavy atom. The lowest BCUT2D eigenvalue weighted by molar-refractivity contribution is -0.138. The van der Waals surface area contributed by atoms with Crippen molar-refractivity contribution in [1.29, 1.82) is 0 Å². The van der Waals surface area contributed by atoms with Gasteiger partial charge in [-0.25, -0.2) is 0 Å². The lowest BCUT2D eigenvalue weighted by atomic mass is 10.0. The van der Waals surface area contributed by atoms with E-state index in [1.54, 1.807) is 0 Å². The minimum atomic E-state index is -4.64. The first kappa shape index (κ1) is 11.7. The number of ether oxygens (including phenoxy) is 2. The number of fused-ring (bicyclic) bond motifs is 1. The van der Waals surface area contributed by atoms with Crippen molar-refractivity contribution in [3.05, 3.63) is 23.3 Å². The second kappa shape index (κ2) is 3.92. The zero-order valence-electron chi connectivity index (χ0n) is 8.50. The van der Waals surface area contributed by atoms with Gasteiger partial charge < -0.3 is 15.2 Å². The SMILES string of the molecule is NCC(=O)c1c(C(F)(F)F)ccc2c1OCO2. The molecule has 0 fully saturated rings. The third-order valence-electron chi connectivity index (χ3n) is 2.31. The molecule has 1 aliphatic heterocycles. The molecule has 1 heterocycles. The third-order valence-corrected chi connectivity index (χ3v) is 2.31. The van der Waals surface area contributed by atoms with Gasteiger partial charge in [0.25, 0.3) is 0 Å². The van der Waals surface area contributed by atoms with Gasteiger partial charge in [0.2, 0.25) is 6.79 Å². The molecule has 0 saturated heterocycles. The van der Waals surface area contributed by atoms with Crippen molar-refractivity contribution in [3.8, 4) is 11.5 Å². The second-order valence-electron chi connectivity index (χ2n) is 3.35. The Labute approximate surface area is 94.1 Å². The van der Waals surface area contributed by atoms with Gasteiger partial charge in [-0.1, -0.05) is 0 Å². The highest BCUT2D eigenvalue weighted by Gasteiger charge is 2.38. The first-order valence-electron chi connectivity index (χ1n) is 4.68. The summed E-state index contributed by atoms with van der Waals surface area (Å²) in [5.74, 6) is -0.898. The molecule has 7 heteroatoms. The largest absolute Gasteiger partial charge is 0.454 e. The van der Waals surface area contributed by atoms with Crippen molar-refractivity contribution in [2.45, 2.75) is 6.18 Å². The molecule has 0 bridgehead atoms. The Morgan fingerprint density at radius 2 is 2.06 bits per heavy atom. The normalized spacial score (nSPS) is 13.9. The Bertz CT molecular complexity index is 471. The van der Waals surface area contributed by atoms with Gasteiger partial charge in [-0.15, -0.1) is 0 Å². The second-order valence-corrected chi connectivity index (χ2v) is 3.35. The summed E-state index contributed by atoms with van der Waals surface area (Å²) in [6.45, 7) is -0.732. The maximum atomic E-state index is 12.7. The van der Waals surface area contributed by atoms with Gasteiger partial charge in [0.05, 0.1) is 17.7 Å². The van der Waals surface area contributed by atoms with Crippen LogP contribution in [0.25, 0.3) is 0 Å². The molecule has 0 aliphatic carbocycles. The molecular formula is C10H8F3NO3. The lowest BCUT2D eigenvalue weighted by Crippen LogP contribution is -2.20. The number of alkyl halides is 3. The molecule has 2 N–H and O–H groups in total. The zero-order valence-corrected chi connectivity index (χ0v) is 8.50. The van der Waals surface area contributed by atoms with Crippen LogP contribution in [0.2, 0.25) is 0 Å². The minimum absolute atomic E-state index is 0.120. The summed E-state index contributed by atoms with van der Waals surface area (Å²) in [4.78, 5) is 11.5. The predicted octanol–water partition coefficient (Wildman–Crippen LogP) is 1.58. The monoisotopic (exact) mass is 247 g/mol. The summed E-state index contributed by atoms with van der Waals surface area (Å²) in [7, 11) is 0. The van der Waals surface area contributed by atoms with E-state index in [4.69, 9.17) is 15.2 Å². The Morgan fingerprint density at radius 1 is 1.35 bits per heavy atom. The molecule has 0 spiro atoms. The zero-order chi connectivity index (χ0) is 12.6. The van der Waals surface area contributed by atoms with Gasteiger partial charge in [-0.2, -0.15) is 13.2 Å². The standard InChI is InChI=1S/C10H8F3NO3/c11-10(12,13)5-1-2-7-9(17-4-16-7)8(5)6(15)3-14/h1-2H,3-4,14H2. The van der Waals surface area contributed by atoms with E-state index in [0.29, 0.717) is 0 Å². The predicted molar refractivity (Wildman–Crippen MR) is 51.0 cm³/mol. The van der Waals surface area contributed by atoms with Crippen LogP contribution >= 0.6 is 0 Å². The van der Waals surface area contributed by atoms with Gasteiger partial charge in [0.1, 0.15) is 0 Å². The van der Waals surface area contributed by atoms with Crippen LogP contribution < -0.4 is 15.2 Å². The number of benzene rings is 1. The molecule has 0 amide bonds. The fourth-order valence-corrected chi connectivity index (χ4v) is 1.59. The van der Waals surface area contributed by atoms with Crippen LogP contribution in [0, 0.1) is 0 Å². The van der Waals surface area contributed by atoms with Crippen molar-refractivity contribution in [2.24, 2.45) is 5.73 Å². The number of hydrogen-bond donors (Lipinski definition) is 1. The maximum Gasteiger partial charge on any atom is 0.417 e. The van der Waals surface area contributed by atoms with Crippen LogP contribution in [0.4, 0.5) is 13.2 Å². The summed E-state index contributed by atoms with van der Waals surface area (Å²) >= 11 is 0. The van der Waals surface area contributed by atoms with Crippen LogP contribution in [0.15, 0.2) is 12.1 Å². The quantitative estimate of drug-likeness (QED) is 0.806. The fraction of sp³-hybridized carbons (Fsp3) is 0.300. The van der Waals surface area contributed by atoms with Crippen molar-refractivity contribution in [2.75, 3.05) is 13.3 Å². The number of carbonyl (C=O) groups excluding carboxylic acids is 1. The van der Waals surface area contributed by atoms with Gasteiger partial charge in [0.15, 0.2) is 17.3 Å². The number of nitrogens with two attached hydrogens (primary N) is 1. The van der Waals surface area contributed by atoms with Crippen molar-refractivity contribution >= 4 is 5.78 Å². The van der Waals surface area contributed by atoms with Crippen LogP contribution in [0.5, 0.6) is 11.5 Å². The lowest BCUT2D eigenvalue weighted by Gasteiger charge is -2.13. The highest BCUT2D eigenvalue weighted by atomic mass is 19.4. The number of carbonyl (C=O) groups is 1. The molecule has 92 valence electrons. The average Bonchev–Trinajstić information content (AvgIpc) is 2.73. The van der Waals surface area contributed by atoms with E-state index in [1.165, 1.54) is 0 Å². The fourth-order valence-electron chi connectivity index (χ4n) is 1.59. The first-order chi connectivity index (χ1) is 7.95. The Hall–Kier alpha value is -1.76. The molecule has 1 aromatic carbocycles. The molecular weight excluding hydrogens is 239 g/mol. The molecule has 1 aromatic rings. The number of Topliss-reactive ketones (excluding diaryl/α,β-unsaturated/α-hetero) is 1. The Kier molecular flexibility index (Phi) is 2.70. The van der Waals surface area contributed by atoms with E-state index in [0.717, 1.165) is 12.1 Å². The van der Waals surface area contributed by atoms with Crippen molar-refractivity contribution < 1.29 is 27.4 Å². The molecule has 0 radical (unpaired) electrons. The summed E-state index contributed by atoms with van der Waals surface area (Å²) in [5.41, 5.74) is 3.48. The Balaban J connectivity index is 2.65. The van der Waals surface area contributed by atoms with E-state index in [-0.39, 0.29) is 18.3 Å². The molecule has 17 heavy (non-hydrogen) atoms. The van der Waals surface area contributed by atoms with E-state index >= 15 is 0 Å². The molecule has 4 nitrogen and oxygen atoms in total. The van der Waals surface area contributed by atoms with Crippen LogP contribution in [-0.2, 0) is 6.18 Å². The van der Waals surface area contributed by atoms with Crippen LogP contribution in [0.1, 0.15) is 15.9 Å². The van der Waals surface area contributed by atoms with E-state index in [9.17, 15) is 18.0 Å². The van der Waals surface area contributed by atoms with E-state index in [2.05, 4.69) is 0 Å². The summed E-state index contributed by atoms with van der Waals surface area (Å²) in [6.07, 6.45) is -4.64. The smallest absolute Gasteiger partial charge is 0.417 e. The van der Waals surface area contributed by atoms with E-state index < -0.39 is 29.6 Å². The van der Waals surface area contributed by atoms with Gasteiger partial charge in [0, 0.05) is 0 Å². The first-order valence-corrected chi connectivity index (χ1v) is 4.68. The molecule has 0 atom stereocenters. The van der Waals surface area contributed by atoms with Gasteiger partial charge >= 0.3 is 6.18 Å². The summed E-state index contributed by atoms with van der Waals surface area (Å²) in [5, 5.41) is 0. The average molecular weight is 247 g/mol. The van der Waals surface area contributed by atoms with E-state index in [1.807, 2.05) is 0 Å². The van der Waals surface area contributed by atoms with Gasteiger partial charge in [-0.05, 0) is 12.1 Å². The molecule has 0 saturated carbocycles.